The molecule has 0 radical (unpaired) electrons. The van der Waals surface area contributed by atoms with Crippen molar-refractivity contribution in [1.82, 2.24) is 4.90 Å². The molecule has 3 rings (SSSR count). The summed E-state index contributed by atoms with van der Waals surface area (Å²) in [4.78, 5) is 14.4. The predicted octanol–water partition coefficient (Wildman–Crippen LogP) is 2.98. The molecule has 1 aliphatic heterocycles. The first-order valence-corrected chi connectivity index (χ1v) is 8.70. The Bertz CT molecular complexity index is 638. The molecule has 128 valence electrons. The molecule has 1 amide bonds. The van der Waals surface area contributed by atoms with Crippen molar-refractivity contribution in [3.8, 4) is 17.6 Å². The Balaban J connectivity index is 1.57. The molecule has 1 aromatic rings. The molecule has 1 heterocycles. The molecule has 0 unspecified atom stereocenters. The highest BCUT2D eigenvalue weighted by atomic mass is 16.5. The number of piperidine rings is 1. The van der Waals surface area contributed by atoms with Gasteiger partial charge in [-0.2, -0.15) is 5.26 Å². The number of nitrogens with zero attached hydrogens (tertiary/aromatic N) is 2. The number of rotatable bonds is 4. The van der Waals surface area contributed by atoms with Gasteiger partial charge in [0, 0.05) is 19.2 Å². The molecular weight excluding hydrogens is 304 g/mol. The zero-order valence-corrected chi connectivity index (χ0v) is 14.2. The van der Waals surface area contributed by atoms with Gasteiger partial charge >= 0.3 is 0 Å². The SMILES string of the molecule is COc1cc(C#N)ccc1OCC(=O)N1CC[C@H]2CCCC[C@@H]2C1. The first-order chi connectivity index (χ1) is 11.7. The van der Waals surface area contributed by atoms with E-state index >= 15 is 0 Å². The molecule has 1 aliphatic carbocycles. The van der Waals surface area contributed by atoms with Crippen molar-refractivity contribution in [1.29, 1.82) is 5.26 Å². The fraction of sp³-hybridized carbons (Fsp3) is 0.579. The van der Waals surface area contributed by atoms with E-state index in [9.17, 15) is 4.79 Å². The lowest BCUT2D eigenvalue weighted by atomic mass is 9.75. The summed E-state index contributed by atoms with van der Waals surface area (Å²) < 4.78 is 10.9. The van der Waals surface area contributed by atoms with Crippen molar-refractivity contribution in [2.75, 3.05) is 26.8 Å². The van der Waals surface area contributed by atoms with Gasteiger partial charge in [0.2, 0.25) is 0 Å². The fourth-order valence-electron chi connectivity index (χ4n) is 3.91. The van der Waals surface area contributed by atoms with Crippen LogP contribution in [-0.4, -0.2) is 37.6 Å². The number of methoxy groups -OCH3 is 1. The maximum Gasteiger partial charge on any atom is 0.260 e. The number of fused-ring (bicyclic) bond motifs is 1. The minimum Gasteiger partial charge on any atom is -0.493 e. The Morgan fingerprint density at radius 3 is 2.79 bits per heavy atom. The molecule has 1 saturated heterocycles. The van der Waals surface area contributed by atoms with Crippen LogP contribution in [0.25, 0.3) is 0 Å². The maximum absolute atomic E-state index is 12.5. The smallest absolute Gasteiger partial charge is 0.260 e. The number of nitriles is 1. The summed E-state index contributed by atoms with van der Waals surface area (Å²) in [5.74, 6) is 2.49. The second-order valence-electron chi connectivity index (χ2n) is 6.70. The molecule has 5 nitrogen and oxygen atoms in total. The van der Waals surface area contributed by atoms with Crippen LogP contribution in [0, 0.1) is 23.2 Å². The van der Waals surface area contributed by atoms with Crippen LogP contribution in [0.1, 0.15) is 37.7 Å². The number of ether oxygens (including phenoxy) is 2. The Kier molecular flexibility index (Phi) is 5.24. The van der Waals surface area contributed by atoms with Crippen molar-refractivity contribution in [2.45, 2.75) is 32.1 Å². The molecule has 5 heteroatoms. The normalized spacial score (nSPS) is 23.1. The van der Waals surface area contributed by atoms with Gasteiger partial charge in [0.25, 0.3) is 5.91 Å². The molecular formula is C19H24N2O3. The van der Waals surface area contributed by atoms with E-state index in [-0.39, 0.29) is 12.5 Å². The average molecular weight is 328 g/mol. The van der Waals surface area contributed by atoms with E-state index in [1.807, 2.05) is 4.90 Å². The second kappa shape index (κ2) is 7.57. The lowest BCUT2D eigenvalue weighted by Crippen LogP contribution is -2.46. The highest BCUT2D eigenvalue weighted by Gasteiger charge is 2.32. The van der Waals surface area contributed by atoms with E-state index in [2.05, 4.69) is 6.07 Å². The highest BCUT2D eigenvalue weighted by molar-refractivity contribution is 5.78. The van der Waals surface area contributed by atoms with Crippen LogP contribution in [0.4, 0.5) is 0 Å². The van der Waals surface area contributed by atoms with Crippen LogP contribution in [0.5, 0.6) is 11.5 Å². The van der Waals surface area contributed by atoms with E-state index < -0.39 is 0 Å². The number of carbonyl (C=O) groups is 1. The Morgan fingerprint density at radius 2 is 2.04 bits per heavy atom. The van der Waals surface area contributed by atoms with E-state index in [1.165, 1.54) is 32.8 Å². The second-order valence-corrected chi connectivity index (χ2v) is 6.70. The predicted molar refractivity (Wildman–Crippen MR) is 89.8 cm³/mol. The van der Waals surface area contributed by atoms with Crippen LogP contribution < -0.4 is 9.47 Å². The molecule has 1 aromatic carbocycles. The third-order valence-corrected chi connectivity index (χ3v) is 5.29. The third kappa shape index (κ3) is 3.64. The van der Waals surface area contributed by atoms with Gasteiger partial charge in [0.1, 0.15) is 0 Å². The molecule has 1 saturated carbocycles. The number of hydrogen-bond donors (Lipinski definition) is 0. The molecule has 0 spiro atoms. The van der Waals surface area contributed by atoms with E-state index in [0.29, 0.717) is 23.0 Å². The minimum absolute atomic E-state index is 0.0135. The first-order valence-electron chi connectivity index (χ1n) is 8.70. The van der Waals surface area contributed by atoms with E-state index in [0.717, 1.165) is 25.4 Å². The van der Waals surface area contributed by atoms with Crippen molar-refractivity contribution >= 4 is 5.91 Å². The first kappa shape index (κ1) is 16.6. The third-order valence-electron chi connectivity index (χ3n) is 5.29. The van der Waals surface area contributed by atoms with Crippen LogP contribution in [0.3, 0.4) is 0 Å². The van der Waals surface area contributed by atoms with Gasteiger partial charge in [-0.25, -0.2) is 0 Å². The van der Waals surface area contributed by atoms with Gasteiger partial charge < -0.3 is 14.4 Å². The van der Waals surface area contributed by atoms with Gasteiger partial charge in [-0.15, -0.1) is 0 Å². The topological polar surface area (TPSA) is 62.6 Å². The lowest BCUT2D eigenvalue weighted by molar-refractivity contribution is -0.136. The lowest BCUT2D eigenvalue weighted by Gasteiger charge is -2.41. The van der Waals surface area contributed by atoms with Crippen LogP contribution in [0.2, 0.25) is 0 Å². The maximum atomic E-state index is 12.5. The Morgan fingerprint density at radius 1 is 1.25 bits per heavy atom. The Hall–Kier alpha value is -2.22. The van der Waals surface area contributed by atoms with Crippen molar-refractivity contribution < 1.29 is 14.3 Å². The molecule has 0 bridgehead atoms. The summed E-state index contributed by atoms with van der Waals surface area (Å²) in [6, 6.07) is 7.02. The molecule has 0 aromatic heterocycles. The van der Waals surface area contributed by atoms with Gasteiger partial charge in [-0.05, 0) is 36.8 Å². The number of likely N-dealkylation sites (tertiary alicyclic amines) is 1. The highest BCUT2D eigenvalue weighted by Crippen LogP contribution is 2.36. The van der Waals surface area contributed by atoms with Gasteiger partial charge in [0.05, 0.1) is 18.7 Å². The summed E-state index contributed by atoms with van der Waals surface area (Å²) in [5, 5.41) is 8.92. The summed E-state index contributed by atoms with van der Waals surface area (Å²) in [6.45, 7) is 1.73. The summed E-state index contributed by atoms with van der Waals surface area (Å²) >= 11 is 0. The standard InChI is InChI=1S/C19H24N2O3/c1-23-18-10-14(11-20)6-7-17(18)24-13-19(22)21-9-8-15-4-2-3-5-16(15)12-21/h6-7,10,15-16H,2-5,8-9,12-13H2,1H3/t15-,16-/m1/s1. The zero-order chi connectivity index (χ0) is 16.9. The van der Waals surface area contributed by atoms with Crippen molar-refractivity contribution in [2.24, 2.45) is 11.8 Å². The monoisotopic (exact) mass is 328 g/mol. The molecule has 2 fully saturated rings. The van der Waals surface area contributed by atoms with Crippen molar-refractivity contribution in [3.63, 3.8) is 0 Å². The molecule has 2 atom stereocenters. The van der Waals surface area contributed by atoms with Gasteiger partial charge in [-0.1, -0.05) is 19.3 Å². The summed E-state index contributed by atoms with van der Waals surface area (Å²) in [6.07, 6.45) is 6.33. The Labute approximate surface area is 143 Å². The van der Waals surface area contributed by atoms with Gasteiger partial charge in [0.15, 0.2) is 18.1 Å². The minimum atomic E-state index is 0.0135. The fourth-order valence-corrected chi connectivity index (χ4v) is 3.91. The number of hydrogen-bond acceptors (Lipinski definition) is 4. The van der Waals surface area contributed by atoms with Crippen molar-refractivity contribution in [3.05, 3.63) is 23.8 Å². The van der Waals surface area contributed by atoms with E-state index in [4.69, 9.17) is 14.7 Å². The summed E-state index contributed by atoms with van der Waals surface area (Å²) in [5.41, 5.74) is 0.505. The number of carbonyl (C=O) groups excluding carboxylic acids is 1. The average Bonchev–Trinajstić information content (AvgIpc) is 2.65. The number of benzene rings is 1. The molecule has 0 N–H and O–H groups in total. The molecule has 24 heavy (non-hydrogen) atoms. The van der Waals surface area contributed by atoms with Crippen LogP contribution in [-0.2, 0) is 4.79 Å². The number of amides is 1. The zero-order valence-electron chi connectivity index (χ0n) is 14.2. The summed E-state index contributed by atoms with van der Waals surface area (Å²) in [7, 11) is 1.53. The quantitative estimate of drug-likeness (QED) is 0.852. The van der Waals surface area contributed by atoms with Crippen LogP contribution >= 0.6 is 0 Å². The largest absolute Gasteiger partial charge is 0.493 e. The van der Waals surface area contributed by atoms with Crippen LogP contribution in [0.15, 0.2) is 18.2 Å². The van der Waals surface area contributed by atoms with Gasteiger partial charge in [-0.3, -0.25) is 4.79 Å². The molecule has 2 aliphatic rings. The van der Waals surface area contributed by atoms with E-state index in [1.54, 1.807) is 18.2 Å².